The highest BCUT2D eigenvalue weighted by Crippen LogP contribution is 2.44. The van der Waals surface area contributed by atoms with Crippen LogP contribution in [0.1, 0.15) is 29.7 Å². The van der Waals surface area contributed by atoms with Crippen molar-refractivity contribution in [2.75, 3.05) is 18.0 Å². The Labute approximate surface area is 126 Å². The van der Waals surface area contributed by atoms with E-state index in [-0.39, 0.29) is 0 Å². The van der Waals surface area contributed by atoms with Crippen LogP contribution >= 0.6 is 0 Å². The van der Waals surface area contributed by atoms with Gasteiger partial charge in [0.2, 0.25) is 0 Å². The Kier molecular flexibility index (Phi) is 2.95. The lowest BCUT2D eigenvalue weighted by Crippen LogP contribution is -2.41. The number of hydrogen-bond donors (Lipinski definition) is 0. The summed E-state index contributed by atoms with van der Waals surface area (Å²) in [7, 11) is 0. The van der Waals surface area contributed by atoms with Crippen LogP contribution in [0.4, 0.5) is 5.82 Å². The number of aryl methyl sites for hydroxylation is 1. The second kappa shape index (κ2) is 4.83. The first-order valence-corrected chi connectivity index (χ1v) is 7.86. The van der Waals surface area contributed by atoms with Crippen molar-refractivity contribution in [3.8, 4) is 0 Å². The minimum atomic E-state index is 0.498. The van der Waals surface area contributed by atoms with Crippen LogP contribution in [0.15, 0.2) is 36.4 Å². The lowest BCUT2D eigenvalue weighted by Gasteiger charge is -2.39. The van der Waals surface area contributed by atoms with E-state index in [0.717, 1.165) is 24.6 Å². The Bertz CT molecular complexity index is 613. The van der Waals surface area contributed by atoms with E-state index in [1.165, 1.54) is 25.7 Å². The second-order valence-electron chi connectivity index (χ2n) is 6.64. The number of anilines is 1. The van der Waals surface area contributed by atoms with Crippen molar-refractivity contribution in [3.63, 3.8) is 0 Å². The maximum Gasteiger partial charge on any atom is 0.151 e. The molecular weight excluding hydrogens is 258 g/mol. The van der Waals surface area contributed by atoms with E-state index in [1.54, 1.807) is 11.1 Å². The van der Waals surface area contributed by atoms with Crippen LogP contribution in [-0.4, -0.2) is 23.3 Å². The number of hydrogen-bond acceptors (Lipinski definition) is 3. The summed E-state index contributed by atoms with van der Waals surface area (Å²) in [6, 6.07) is 13.1. The number of benzene rings is 1. The molecule has 3 nitrogen and oxygen atoms in total. The molecule has 0 bridgehead atoms. The van der Waals surface area contributed by atoms with Crippen LogP contribution < -0.4 is 4.90 Å². The topological polar surface area (TPSA) is 29.0 Å². The molecule has 4 rings (SSSR count). The van der Waals surface area contributed by atoms with E-state index in [4.69, 9.17) is 0 Å². The SMILES string of the molecule is Cc1ccc(N2CCC3(CC2)Cc2ccccc2C3)nn1. The first-order valence-electron chi connectivity index (χ1n) is 7.86. The van der Waals surface area contributed by atoms with E-state index >= 15 is 0 Å². The highest BCUT2D eigenvalue weighted by Gasteiger charge is 2.39. The summed E-state index contributed by atoms with van der Waals surface area (Å²) in [5.41, 5.74) is 4.62. The Balaban J connectivity index is 1.47. The Morgan fingerprint density at radius 1 is 0.905 bits per heavy atom. The largest absolute Gasteiger partial charge is 0.355 e. The van der Waals surface area contributed by atoms with Gasteiger partial charge in [0.1, 0.15) is 0 Å². The third-order valence-electron chi connectivity index (χ3n) is 5.18. The molecule has 0 atom stereocenters. The summed E-state index contributed by atoms with van der Waals surface area (Å²) in [6.07, 6.45) is 5.04. The summed E-state index contributed by atoms with van der Waals surface area (Å²) in [4.78, 5) is 2.39. The van der Waals surface area contributed by atoms with Crippen molar-refractivity contribution in [1.82, 2.24) is 10.2 Å². The maximum atomic E-state index is 4.33. The normalized spacial score (nSPS) is 19.8. The molecular formula is C18H21N3. The lowest BCUT2D eigenvalue weighted by molar-refractivity contribution is 0.232. The summed E-state index contributed by atoms with van der Waals surface area (Å²) in [5, 5.41) is 8.52. The fraction of sp³-hybridized carbons (Fsp3) is 0.444. The van der Waals surface area contributed by atoms with Crippen molar-refractivity contribution in [1.29, 1.82) is 0 Å². The molecule has 0 amide bonds. The van der Waals surface area contributed by atoms with Crippen LogP contribution in [0, 0.1) is 12.3 Å². The van der Waals surface area contributed by atoms with Crippen molar-refractivity contribution in [2.45, 2.75) is 32.6 Å². The molecule has 1 aliphatic carbocycles. The first-order chi connectivity index (χ1) is 10.2. The van der Waals surface area contributed by atoms with Crippen LogP contribution in [-0.2, 0) is 12.8 Å². The minimum absolute atomic E-state index is 0.498. The van der Waals surface area contributed by atoms with Gasteiger partial charge in [0.05, 0.1) is 5.69 Å². The quantitative estimate of drug-likeness (QED) is 0.803. The summed E-state index contributed by atoms with van der Waals surface area (Å²) >= 11 is 0. The predicted molar refractivity (Wildman–Crippen MR) is 84.5 cm³/mol. The standard InChI is InChI=1S/C18H21N3/c1-14-6-7-17(20-19-14)21-10-8-18(9-11-21)12-15-4-2-3-5-16(15)13-18/h2-7H,8-13H2,1H3. The molecule has 1 aliphatic heterocycles. The summed E-state index contributed by atoms with van der Waals surface area (Å²) < 4.78 is 0. The lowest BCUT2D eigenvalue weighted by atomic mass is 9.76. The van der Waals surface area contributed by atoms with E-state index in [2.05, 4.69) is 51.5 Å². The monoisotopic (exact) mass is 279 g/mol. The maximum absolute atomic E-state index is 4.33. The van der Waals surface area contributed by atoms with E-state index in [0.29, 0.717) is 5.41 Å². The fourth-order valence-electron chi connectivity index (χ4n) is 3.90. The molecule has 21 heavy (non-hydrogen) atoms. The molecule has 1 saturated heterocycles. The van der Waals surface area contributed by atoms with Gasteiger partial charge in [-0.05, 0) is 61.3 Å². The predicted octanol–water partition coefficient (Wildman–Crippen LogP) is 3.17. The number of fused-ring (bicyclic) bond motifs is 1. The Morgan fingerprint density at radius 3 is 2.14 bits per heavy atom. The van der Waals surface area contributed by atoms with Gasteiger partial charge in [0.25, 0.3) is 0 Å². The fourth-order valence-corrected chi connectivity index (χ4v) is 3.90. The molecule has 0 N–H and O–H groups in total. The van der Waals surface area contributed by atoms with Gasteiger partial charge < -0.3 is 4.90 Å². The molecule has 1 aromatic heterocycles. The minimum Gasteiger partial charge on any atom is -0.355 e. The molecule has 0 radical (unpaired) electrons. The molecule has 1 aromatic carbocycles. The third kappa shape index (κ3) is 2.31. The molecule has 2 heterocycles. The third-order valence-corrected chi connectivity index (χ3v) is 5.18. The zero-order valence-electron chi connectivity index (χ0n) is 12.5. The average molecular weight is 279 g/mol. The van der Waals surface area contributed by atoms with Crippen LogP contribution in [0.2, 0.25) is 0 Å². The number of nitrogens with zero attached hydrogens (tertiary/aromatic N) is 3. The van der Waals surface area contributed by atoms with Gasteiger partial charge in [-0.15, -0.1) is 5.10 Å². The second-order valence-corrected chi connectivity index (χ2v) is 6.64. The molecule has 1 spiro atoms. The molecule has 2 aliphatic rings. The van der Waals surface area contributed by atoms with Crippen LogP contribution in [0.5, 0.6) is 0 Å². The molecule has 108 valence electrons. The zero-order chi connectivity index (χ0) is 14.3. The Hall–Kier alpha value is -1.90. The van der Waals surface area contributed by atoms with Gasteiger partial charge in [-0.25, -0.2) is 0 Å². The van der Waals surface area contributed by atoms with E-state index in [1.807, 2.05) is 6.92 Å². The molecule has 0 saturated carbocycles. The number of aromatic nitrogens is 2. The first kappa shape index (κ1) is 12.8. The average Bonchev–Trinajstić information content (AvgIpc) is 2.87. The van der Waals surface area contributed by atoms with Gasteiger partial charge in [0, 0.05) is 13.1 Å². The summed E-state index contributed by atoms with van der Waals surface area (Å²) in [6.45, 7) is 4.19. The van der Waals surface area contributed by atoms with E-state index < -0.39 is 0 Å². The van der Waals surface area contributed by atoms with Gasteiger partial charge in [-0.3, -0.25) is 0 Å². The smallest absolute Gasteiger partial charge is 0.151 e. The highest BCUT2D eigenvalue weighted by atomic mass is 15.3. The van der Waals surface area contributed by atoms with Crippen molar-refractivity contribution in [2.24, 2.45) is 5.41 Å². The molecule has 0 unspecified atom stereocenters. The van der Waals surface area contributed by atoms with Gasteiger partial charge in [0.15, 0.2) is 5.82 Å². The highest BCUT2D eigenvalue weighted by molar-refractivity contribution is 5.40. The number of piperidine rings is 1. The van der Waals surface area contributed by atoms with Crippen molar-refractivity contribution >= 4 is 5.82 Å². The zero-order valence-corrected chi connectivity index (χ0v) is 12.5. The molecule has 3 heteroatoms. The molecule has 2 aromatic rings. The van der Waals surface area contributed by atoms with Gasteiger partial charge >= 0.3 is 0 Å². The van der Waals surface area contributed by atoms with Crippen LogP contribution in [0.3, 0.4) is 0 Å². The van der Waals surface area contributed by atoms with Crippen molar-refractivity contribution < 1.29 is 0 Å². The van der Waals surface area contributed by atoms with Crippen LogP contribution in [0.25, 0.3) is 0 Å². The molecule has 1 fully saturated rings. The van der Waals surface area contributed by atoms with Crippen molar-refractivity contribution in [3.05, 3.63) is 53.2 Å². The van der Waals surface area contributed by atoms with Gasteiger partial charge in [-0.2, -0.15) is 5.10 Å². The number of rotatable bonds is 1. The Morgan fingerprint density at radius 2 is 1.57 bits per heavy atom. The summed E-state index contributed by atoms with van der Waals surface area (Å²) in [5.74, 6) is 1.03. The van der Waals surface area contributed by atoms with Gasteiger partial charge in [-0.1, -0.05) is 24.3 Å². The van der Waals surface area contributed by atoms with E-state index in [9.17, 15) is 0 Å².